The third-order valence-electron chi connectivity index (χ3n) is 2.65. The number of halogens is 1. The molecule has 0 unspecified atom stereocenters. The van der Waals surface area contributed by atoms with E-state index in [0.717, 1.165) is 5.82 Å². The van der Waals surface area contributed by atoms with E-state index >= 15 is 0 Å². The highest BCUT2D eigenvalue weighted by Crippen LogP contribution is 2.18. The molecule has 0 radical (unpaired) electrons. The van der Waals surface area contributed by atoms with Crippen molar-refractivity contribution in [3.63, 3.8) is 0 Å². The minimum atomic E-state index is -0.118. The Labute approximate surface area is 132 Å². The summed E-state index contributed by atoms with van der Waals surface area (Å²) in [5.41, 5.74) is 0.678. The fraction of sp³-hybridized carbons (Fsp3) is 0.214. The molecular weight excluding hydrogens is 308 g/mol. The van der Waals surface area contributed by atoms with E-state index in [0.29, 0.717) is 22.4 Å². The maximum atomic E-state index is 11.9. The SMILES string of the molecule is C=CCn1c(C)nnc1SCC(=O)Nc1cccc(Cl)c1. The van der Waals surface area contributed by atoms with E-state index in [2.05, 4.69) is 22.1 Å². The smallest absolute Gasteiger partial charge is 0.234 e. The van der Waals surface area contributed by atoms with Gasteiger partial charge in [-0.15, -0.1) is 16.8 Å². The van der Waals surface area contributed by atoms with Crippen molar-refractivity contribution in [3.8, 4) is 0 Å². The van der Waals surface area contributed by atoms with Crippen LogP contribution in [0.5, 0.6) is 0 Å². The number of benzene rings is 1. The van der Waals surface area contributed by atoms with Crippen molar-refractivity contribution in [1.29, 1.82) is 0 Å². The number of hydrogen-bond acceptors (Lipinski definition) is 4. The van der Waals surface area contributed by atoms with Gasteiger partial charge in [-0.05, 0) is 25.1 Å². The number of nitrogens with zero attached hydrogens (tertiary/aromatic N) is 3. The van der Waals surface area contributed by atoms with Crippen LogP contribution in [0, 0.1) is 6.92 Å². The molecule has 0 aliphatic carbocycles. The molecule has 0 spiro atoms. The lowest BCUT2D eigenvalue weighted by molar-refractivity contribution is -0.113. The molecule has 1 amide bonds. The van der Waals surface area contributed by atoms with Gasteiger partial charge in [-0.2, -0.15) is 0 Å². The van der Waals surface area contributed by atoms with Crippen molar-refractivity contribution in [2.75, 3.05) is 11.1 Å². The number of allylic oxidation sites excluding steroid dienone is 1. The third-order valence-corrected chi connectivity index (χ3v) is 3.86. The van der Waals surface area contributed by atoms with Crippen LogP contribution in [-0.2, 0) is 11.3 Å². The van der Waals surface area contributed by atoms with Gasteiger partial charge in [0.25, 0.3) is 0 Å². The summed E-state index contributed by atoms with van der Waals surface area (Å²) >= 11 is 7.21. The van der Waals surface area contributed by atoms with Gasteiger partial charge < -0.3 is 9.88 Å². The highest BCUT2D eigenvalue weighted by atomic mass is 35.5. The zero-order chi connectivity index (χ0) is 15.2. The Balaban J connectivity index is 1.94. The molecule has 1 heterocycles. The Hall–Kier alpha value is -1.79. The molecule has 1 aromatic carbocycles. The second kappa shape index (κ2) is 7.28. The van der Waals surface area contributed by atoms with E-state index in [1.54, 1.807) is 30.3 Å². The minimum absolute atomic E-state index is 0.118. The molecular formula is C14H15ClN4OS. The number of aryl methyl sites for hydroxylation is 1. The van der Waals surface area contributed by atoms with Gasteiger partial charge in [0.05, 0.1) is 5.75 Å². The molecule has 7 heteroatoms. The van der Waals surface area contributed by atoms with Crippen molar-refractivity contribution in [1.82, 2.24) is 14.8 Å². The largest absolute Gasteiger partial charge is 0.325 e. The predicted molar refractivity (Wildman–Crippen MR) is 85.8 cm³/mol. The number of anilines is 1. The molecule has 0 aliphatic rings. The molecule has 0 aliphatic heterocycles. The normalized spacial score (nSPS) is 10.4. The van der Waals surface area contributed by atoms with Crippen LogP contribution in [0.1, 0.15) is 5.82 Å². The molecule has 21 heavy (non-hydrogen) atoms. The first kappa shape index (κ1) is 15.6. The Morgan fingerprint density at radius 2 is 2.33 bits per heavy atom. The molecule has 0 atom stereocenters. The Kier molecular flexibility index (Phi) is 5.41. The van der Waals surface area contributed by atoms with Gasteiger partial charge in [0.1, 0.15) is 5.82 Å². The number of carbonyl (C=O) groups excluding carboxylic acids is 1. The first-order valence-corrected chi connectivity index (χ1v) is 7.65. The topological polar surface area (TPSA) is 59.8 Å². The van der Waals surface area contributed by atoms with Crippen molar-refractivity contribution < 1.29 is 4.79 Å². The van der Waals surface area contributed by atoms with E-state index in [1.165, 1.54) is 11.8 Å². The number of rotatable bonds is 6. The standard InChI is InChI=1S/C14H15ClN4OS/c1-3-7-19-10(2)17-18-14(19)21-9-13(20)16-12-6-4-5-11(15)8-12/h3-6,8H,1,7,9H2,2H3,(H,16,20). The Bertz CT molecular complexity index is 656. The first-order chi connectivity index (χ1) is 10.1. The van der Waals surface area contributed by atoms with Crippen LogP contribution in [0.2, 0.25) is 5.02 Å². The summed E-state index contributed by atoms with van der Waals surface area (Å²) in [7, 11) is 0. The van der Waals surface area contributed by atoms with Crippen LogP contribution in [-0.4, -0.2) is 26.4 Å². The van der Waals surface area contributed by atoms with E-state index < -0.39 is 0 Å². The highest BCUT2D eigenvalue weighted by molar-refractivity contribution is 7.99. The van der Waals surface area contributed by atoms with Crippen molar-refractivity contribution in [2.45, 2.75) is 18.6 Å². The lowest BCUT2D eigenvalue weighted by atomic mass is 10.3. The number of aromatic nitrogens is 3. The van der Waals surface area contributed by atoms with Gasteiger partial charge in [0, 0.05) is 17.3 Å². The molecule has 5 nitrogen and oxygen atoms in total. The lowest BCUT2D eigenvalue weighted by Crippen LogP contribution is -2.14. The average molecular weight is 323 g/mol. The number of nitrogens with one attached hydrogen (secondary N) is 1. The van der Waals surface area contributed by atoms with Crippen molar-refractivity contribution in [2.24, 2.45) is 0 Å². The zero-order valence-electron chi connectivity index (χ0n) is 11.5. The molecule has 0 saturated heterocycles. The van der Waals surface area contributed by atoms with Gasteiger partial charge in [0.15, 0.2) is 5.16 Å². The maximum absolute atomic E-state index is 11.9. The van der Waals surface area contributed by atoms with E-state index in [4.69, 9.17) is 11.6 Å². The Morgan fingerprint density at radius 3 is 3.05 bits per heavy atom. The molecule has 0 bridgehead atoms. The lowest BCUT2D eigenvalue weighted by Gasteiger charge is -2.06. The maximum Gasteiger partial charge on any atom is 0.234 e. The van der Waals surface area contributed by atoms with Crippen LogP contribution in [0.15, 0.2) is 42.1 Å². The van der Waals surface area contributed by atoms with Crippen LogP contribution >= 0.6 is 23.4 Å². The van der Waals surface area contributed by atoms with Crippen LogP contribution in [0.4, 0.5) is 5.69 Å². The first-order valence-electron chi connectivity index (χ1n) is 6.29. The van der Waals surface area contributed by atoms with Gasteiger partial charge in [0.2, 0.25) is 5.91 Å². The summed E-state index contributed by atoms with van der Waals surface area (Å²) in [6.07, 6.45) is 1.77. The predicted octanol–water partition coefficient (Wildman–Crippen LogP) is 3.16. The molecule has 0 fully saturated rings. The van der Waals surface area contributed by atoms with Crippen LogP contribution < -0.4 is 5.32 Å². The van der Waals surface area contributed by atoms with E-state index in [9.17, 15) is 4.79 Å². The molecule has 2 aromatic rings. The van der Waals surface area contributed by atoms with Crippen LogP contribution in [0.3, 0.4) is 0 Å². The summed E-state index contributed by atoms with van der Waals surface area (Å²) in [6, 6.07) is 7.04. The fourth-order valence-electron chi connectivity index (χ4n) is 1.70. The molecule has 1 aromatic heterocycles. The Morgan fingerprint density at radius 1 is 1.52 bits per heavy atom. The highest BCUT2D eigenvalue weighted by Gasteiger charge is 2.11. The second-order valence-corrected chi connectivity index (χ2v) is 5.66. The van der Waals surface area contributed by atoms with Gasteiger partial charge in [-0.3, -0.25) is 4.79 Å². The molecule has 2 rings (SSSR count). The summed E-state index contributed by atoms with van der Waals surface area (Å²) in [5.74, 6) is 0.933. The third kappa shape index (κ3) is 4.34. The number of thioether (sulfide) groups is 1. The molecule has 0 saturated carbocycles. The quantitative estimate of drug-likeness (QED) is 0.655. The van der Waals surface area contributed by atoms with Crippen molar-refractivity contribution >= 4 is 35.0 Å². The average Bonchev–Trinajstić information content (AvgIpc) is 2.78. The van der Waals surface area contributed by atoms with Crippen LogP contribution in [0.25, 0.3) is 0 Å². The monoisotopic (exact) mass is 322 g/mol. The van der Waals surface area contributed by atoms with E-state index in [1.807, 2.05) is 11.5 Å². The number of hydrogen-bond donors (Lipinski definition) is 1. The number of amides is 1. The summed E-state index contributed by atoms with van der Waals surface area (Å²) in [4.78, 5) is 11.9. The summed E-state index contributed by atoms with van der Waals surface area (Å²) in [5, 5.41) is 12.1. The zero-order valence-corrected chi connectivity index (χ0v) is 13.1. The number of carbonyl (C=O) groups is 1. The van der Waals surface area contributed by atoms with Crippen molar-refractivity contribution in [3.05, 3.63) is 47.8 Å². The molecule has 1 N–H and O–H groups in total. The summed E-state index contributed by atoms with van der Waals surface area (Å²) in [6.45, 7) is 6.19. The van der Waals surface area contributed by atoms with Gasteiger partial charge in [-0.1, -0.05) is 35.5 Å². The van der Waals surface area contributed by atoms with Gasteiger partial charge in [-0.25, -0.2) is 0 Å². The van der Waals surface area contributed by atoms with E-state index in [-0.39, 0.29) is 11.7 Å². The summed E-state index contributed by atoms with van der Waals surface area (Å²) < 4.78 is 1.91. The second-order valence-electron chi connectivity index (χ2n) is 4.28. The minimum Gasteiger partial charge on any atom is -0.325 e. The fourth-order valence-corrected chi connectivity index (χ4v) is 2.68. The molecule has 110 valence electrons. The van der Waals surface area contributed by atoms with Gasteiger partial charge >= 0.3 is 0 Å².